The highest BCUT2D eigenvalue weighted by molar-refractivity contribution is 14.1. The quantitative estimate of drug-likeness (QED) is 0.486. The van der Waals surface area contributed by atoms with Gasteiger partial charge in [0.2, 0.25) is 0 Å². The van der Waals surface area contributed by atoms with Crippen LogP contribution in [0, 0.1) is 0 Å². The summed E-state index contributed by atoms with van der Waals surface area (Å²) in [5.41, 5.74) is 0. The first-order valence-corrected chi connectivity index (χ1v) is 6.00. The number of hydrogen-bond acceptors (Lipinski definition) is 2. The summed E-state index contributed by atoms with van der Waals surface area (Å²) in [7, 11) is -2.78. The molecule has 2 nitrogen and oxygen atoms in total. The van der Waals surface area contributed by atoms with Gasteiger partial charge in [-0.05, 0) is 0 Å². The number of hydrogen-bond donors (Lipinski definition) is 0. The van der Waals surface area contributed by atoms with Gasteiger partial charge in [0.05, 0.1) is 16.9 Å². The Morgan fingerprint density at radius 1 is 1.44 bits per heavy atom. The van der Waals surface area contributed by atoms with Crippen LogP contribution in [0.3, 0.4) is 0 Å². The highest BCUT2D eigenvalue weighted by atomic mass is 127. The SMILES string of the molecule is O=S1(=O)C[C@@H](Cl)[C@H](I)C1. The lowest BCUT2D eigenvalue weighted by atomic mass is 10.4. The number of sulfone groups is 1. The molecular formula is C4H6ClIO2S. The molecule has 2 atom stereocenters. The topological polar surface area (TPSA) is 34.1 Å². The summed E-state index contributed by atoms with van der Waals surface area (Å²) in [6, 6.07) is 0. The lowest BCUT2D eigenvalue weighted by molar-refractivity contribution is 0.602. The average Bonchev–Trinajstić information content (AvgIpc) is 1.79. The Hall–Kier alpha value is 0.970. The van der Waals surface area contributed by atoms with Gasteiger partial charge in [-0.3, -0.25) is 0 Å². The van der Waals surface area contributed by atoms with Crippen LogP contribution in [0.5, 0.6) is 0 Å². The van der Waals surface area contributed by atoms with Crippen LogP contribution in [-0.4, -0.2) is 29.2 Å². The molecule has 1 rings (SSSR count). The van der Waals surface area contributed by atoms with Gasteiger partial charge >= 0.3 is 0 Å². The second-order valence-corrected chi connectivity index (χ2v) is 6.42. The van der Waals surface area contributed by atoms with Crippen molar-refractivity contribution in [2.45, 2.75) is 9.30 Å². The van der Waals surface area contributed by atoms with Crippen LogP contribution < -0.4 is 0 Å². The Kier molecular flexibility index (Phi) is 2.28. The summed E-state index contributed by atoms with van der Waals surface area (Å²) in [5, 5.41) is -0.171. The van der Waals surface area contributed by atoms with Crippen molar-refractivity contribution in [1.29, 1.82) is 0 Å². The van der Waals surface area contributed by atoms with Crippen LogP contribution >= 0.6 is 34.2 Å². The summed E-state index contributed by atoms with van der Waals surface area (Å²) in [6.07, 6.45) is 0. The monoisotopic (exact) mass is 280 g/mol. The van der Waals surface area contributed by atoms with E-state index in [1.165, 1.54) is 0 Å². The van der Waals surface area contributed by atoms with Gasteiger partial charge in [-0.25, -0.2) is 8.42 Å². The third-order valence-electron chi connectivity index (χ3n) is 1.22. The minimum absolute atomic E-state index is 0.106. The maximum Gasteiger partial charge on any atom is 0.152 e. The van der Waals surface area contributed by atoms with Gasteiger partial charge in [0.1, 0.15) is 0 Å². The molecule has 0 unspecified atom stereocenters. The lowest BCUT2D eigenvalue weighted by Gasteiger charge is -1.97. The Morgan fingerprint density at radius 3 is 2.11 bits per heavy atom. The summed E-state index contributed by atoms with van der Waals surface area (Å²) >= 11 is 7.73. The van der Waals surface area contributed by atoms with E-state index in [0.717, 1.165) is 0 Å². The van der Waals surface area contributed by atoms with Crippen molar-refractivity contribution in [1.82, 2.24) is 0 Å². The predicted octanol–water partition coefficient (Wildman–Crippen LogP) is 0.826. The highest BCUT2D eigenvalue weighted by Crippen LogP contribution is 2.24. The zero-order chi connectivity index (χ0) is 7.07. The Bertz CT molecular complexity index is 185. The van der Waals surface area contributed by atoms with E-state index in [1.807, 2.05) is 0 Å². The van der Waals surface area contributed by atoms with Gasteiger partial charge < -0.3 is 0 Å². The van der Waals surface area contributed by atoms with Crippen LogP contribution in [0.1, 0.15) is 0 Å². The van der Waals surface area contributed by atoms with Crippen molar-refractivity contribution in [2.24, 2.45) is 0 Å². The predicted molar refractivity (Wildman–Crippen MR) is 46.1 cm³/mol. The van der Waals surface area contributed by atoms with Crippen molar-refractivity contribution in [3.8, 4) is 0 Å². The van der Waals surface area contributed by atoms with Crippen LogP contribution in [0.4, 0.5) is 0 Å². The smallest absolute Gasteiger partial charge is 0.152 e. The first-order chi connectivity index (χ1) is 4.01. The molecule has 0 aliphatic carbocycles. The molecule has 0 aromatic carbocycles. The van der Waals surface area contributed by atoms with Crippen molar-refractivity contribution < 1.29 is 8.42 Å². The van der Waals surface area contributed by atoms with Gasteiger partial charge in [-0.15, -0.1) is 11.6 Å². The first kappa shape index (κ1) is 8.07. The molecule has 1 saturated heterocycles. The molecule has 0 radical (unpaired) electrons. The second-order valence-electron chi connectivity index (χ2n) is 2.11. The largest absolute Gasteiger partial charge is 0.229 e. The van der Waals surface area contributed by atoms with Crippen molar-refractivity contribution >= 4 is 44.0 Å². The maximum atomic E-state index is 10.8. The van der Waals surface area contributed by atoms with Crippen LogP contribution in [-0.2, 0) is 9.84 Å². The third kappa shape index (κ3) is 1.94. The van der Waals surface area contributed by atoms with E-state index in [4.69, 9.17) is 11.6 Å². The molecule has 0 N–H and O–H groups in total. The van der Waals surface area contributed by atoms with Gasteiger partial charge in [0, 0.05) is 3.92 Å². The van der Waals surface area contributed by atoms with E-state index in [2.05, 4.69) is 22.6 Å². The lowest BCUT2D eigenvalue weighted by Crippen LogP contribution is -2.08. The van der Waals surface area contributed by atoms with Crippen molar-refractivity contribution in [2.75, 3.05) is 11.5 Å². The van der Waals surface area contributed by atoms with Gasteiger partial charge in [0.25, 0.3) is 0 Å². The first-order valence-electron chi connectivity index (χ1n) is 2.50. The Balaban J connectivity index is 2.77. The van der Waals surface area contributed by atoms with E-state index in [-0.39, 0.29) is 20.8 Å². The number of alkyl halides is 2. The molecule has 0 saturated carbocycles. The van der Waals surface area contributed by atoms with E-state index in [0.29, 0.717) is 0 Å². The van der Waals surface area contributed by atoms with Gasteiger partial charge in [0.15, 0.2) is 9.84 Å². The molecule has 54 valence electrons. The Labute approximate surface area is 73.0 Å². The van der Waals surface area contributed by atoms with E-state index < -0.39 is 9.84 Å². The summed E-state index contributed by atoms with van der Waals surface area (Å²) in [6.45, 7) is 0. The van der Waals surface area contributed by atoms with Gasteiger partial charge in [-0.1, -0.05) is 22.6 Å². The minimum Gasteiger partial charge on any atom is -0.229 e. The molecule has 1 aliphatic heterocycles. The molecule has 0 bridgehead atoms. The Morgan fingerprint density at radius 2 is 2.00 bits per heavy atom. The van der Waals surface area contributed by atoms with Crippen molar-refractivity contribution in [3.63, 3.8) is 0 Å². The summed E-state index contributed by atoms with van der Waals surface area (Å²) in [5.74, 6) is 0.407. The third-order valence-corrected chi connectivity index (χ3v) is 5.93. The zero-order valence-electron chi connectivity index (χ0n) is 4.55. The number of rotatable bonds is 0. The minimum atomic E-state index is -2.78. The fourth-order valence-corrected chi connectivity index (χ4v) is 5.35. The maximum absolute atomic E-state index is 10.8. The molecule has 1 aliphatic rings. The highest BCUT2D eigenvalue weighted by Gasteiger charge is 2.34. The van der Waals surface area contributed by atoms with Crippen LogP contribution in [0.2, 0.25) is 0 Å². The summed E-state index contributed by atoms with van der Waals surface area (Å²) < 4.78 is 21.6. The number of halogens is 2. The molecule has 5 heteroatoms. The van der Waals surface area contributed by atoms with Crippen LogP contribution in [0.15, 0.2) is 0 Å². The molecule has 0 aromatic rings. The van der Waals surface area contributed by atoms with E-state index >= 15 is 0 Å². The fourth-order valence-electron chi connectivity index (χ4n) is 0.762. The standard InChI is InChI=1S/C4H6ClIO2S/c5-3-1-9(7,8)2-4(3)6/h3-4H,1-2H2/t3-,4-/m1/s1. The molecule has 0 amide bonds. The molecule has 0 spiro atoms. The van der Waals surface area contributed by atoms with Crippen molar-refractivity contribution in [3.05, 3.63) is 0 Å². The second kappa shape index (κ2) is 2.54. The molecular weight excluding hydrogens is 274 g/mol. The molecule has 1 heterocycles. The average molecular weight is 281 g/mol. The van der Waals surface area contributed by atoms with Crippen LogP contribution in [0.25, 0.3) is 0 Å². The zero-order valence-corrected chi connectivity index (χ0v) is 8.28. The van der Waals surface area contributed by atoms with Gasteiger partial charge in [-0.2, -0.15) is 0 Å². The summed E-state index contributed by atoms with van der Waals surface area (Å²) in [4.78, 5) is 0. The molecule has 1 fully saturated rings. The van der Waals surface area contributed by atoms with E-state index in [1.54, 1.807) is 0 Å². The van der Waals surface area contributed by atoms with E-state index in [9.17, 15) is 8.42 Å². The fraction of sp³-hybridized carbons (Fsp3) is 1.00. The normalized spacial score (nSPS) is 41.1. The molecule has 9 heavy (non-hydrogen) atoms. The molecule has 0 aromatic heterocycles.